The van der Waals surface area contributed by atoms with Gasteiger partial charge in [-0.2, -0.15) is 0 Å². The lowest BCUT2D eigenvalue weighted by molar-refractivity contribution is -0.144. The first-order chi connectivity index (χ1) is 12.3. The molecule has 1 heterocycles. The Morgan fingerprint density at radius 3 is 2.46 bits per heavy atom. The molecule has 3 N–H and O–H groups in total. The van der Waals surface area contributed by atoms with Crippen molar-refractivity contribution in [3.8, 4) is 5.75 Å². The van der Waals surface area contributed by atoms with Gasteiger partial charge in [0.2, 0.25) is 5.91 Å². The predicted molar refractivity (Wildman–Crippen MR) is 100 cm³/mol. The summed E-state index contributed by atoms with van der Waals surface area (Å²) in [5, 5.41) is 21.5. The Balaban J connectivity index is 1.84. The Morgan fingerprint density at radius 1 is 1.23 bits per heavy atom. The van der Waals surface area contributed by atoms with Crippen LogP contribution < -0.4 is 5.32 Å². The fourth-order valence-electron chi connectivity index (χ4n) is 3.07. The van der Waals surface area contributed by atoms with Crippen LogP contribution in [0.1, 0.15) is 13.3 Å². The number of hydrogen-bond acceptors (Lipinski definition) is 5. The average Bonchev–Trinajstić information content (AvgIpc) is 2.55. The van der Waals surface area contributed by atoms with Crippen molar-refractivity contribution in [2.24, 2.45) is 5.92 Å². The van der Waals surface area contributed by atoms with Gasteiger partial charge in [-0.1, -0.05) is 18.2 Å². The van der Waals surface area contributed by atoms with Gasteiger partial charge in [-0.15, -0.1) is 0 Å². The second kappa shape index (κ2) is 9.35. The molecule has 0 bridgehead atoms. The van der Waals surface area contributed by atoms with Crippen molar-refractivity contribution < 1.29 is 19.8 Å². The van der Waals surface area contributed by atoms with E-state index in [4.69, 9.17) is 0 Å². The molecule has 2 rings (SSSR count). The normalized spacial score (nSPS) is 16.8. The molecule has 1 aromatic rings. The van der Waals surface area contributed by atoms with Gasteiger partial charge in [0.1, 0.15) is 5.75 Å². The molecule has 1 amide bonds. The SMILES string of the molecule is C=C(C)CN1CCN(C[C@H](CC(=O)Nc2cccc(O)c2)C(=O)O)CC1. The molecule has 1 atom stereocenters. The maximum Gasteiger partial charge on any atom is 0.308 e. The number of amides is 1. The van der Waals surface area contributed by atoms with Crippen molar-refractivity contribution in [1.82, 2.24) is 9.80 Å². The van der Waals surface area contributed by atoms with Crippen LogP contribution in [0.4, 0.5) is 5.69 Å². The van der Waals surface area contributed by atoms with Crippen LogP contribution in [-0.4, -0.2) is 71.2 Å². The Morgan fingerprint density at radius 2 is 1.88 bits per heavy atom. The number of carbonyl (C=O) groups is 2. The number of aromatic hydroxyl groups is 1. The largest absolute Gasteiger partial charge is 0.508 e. The van der Waals surface area contributed by atoms with Crippen LogP contribution >= 0.6 is 0 Å². The minimum absolute atomic E-state index is 0.0465. The van der Waals surface area contributed by atoms with E-state index in [0.717, 1.165) is 38.3 Å². The van der Waals surface area contributed by atoms with Crippen molar-refractivity contribution in [2.75, 3.05) is 44.6 Å². The smallest absolute Gasteiger partial charge is 0.308 e. The number of nitrogens with zero attached hydrogens (tertiary/aromatic N) is 2. The number of hydrogen-bond donors (Lipinski definition) is 3. The highest BCUT2D eigenvalue weighted by Crippen LogP contribution is 2.17. The van der Waals surface area contributed by atoms with Crippen LogP contribution in [0.2, 0.25) is 0 Å². The summed E-state index contributed by atoms with van der Waals surface area (Å²) in [6.07, 6.45) is -0.100. The van der Waals surface area contributed by atoms with Crippen LogP contribution in [-0.2, 0) is 9.59 Å². The molecule has 1 fully saturated rings. The summed E-state index contributed by atoms with van der Waals surface area (Å²) in [4.78, 5) is 28.1. The molecule has 0 unspecified atom stereocenters. The lowest BCUT2D eigenvalue weighted by atomic mass is 10.0. The summed E-state index contributed by atoms with van der Waals surface area (Å²) in [5.41, 5.74) is 1.57. The third-order valence-electron chi connectivity index (χ3n) is 4.35. The third-order valence-corrected chi connectivity index (χ3v) is 4.35. The van der Waals surface area contributed by atoms with Gasteiger partial charge >= 0.3 is 5.97 Å². The maximum atomic E-state index is 12.2. The molecule has 0 radical (unpaired) electrons. The molecule has 7 heteroatoms. The van der Waals surface area contributed by atoms with E-state index in [1.54, 1.807) is 12.1 Å². The highest BCUT2D eigenvalue weighted by molar-refractivity contribution is 5.93. The van der Waals surface area contributed by atoms with E-state index in [-0.39, 0.29) is 18.1 Å². The maximum absolute atomic E-state index is 12.2. The lowest BCUT2D eigenvalue weighted by Crippen LogP contribution is -2.49. The summed E-state index contributed by atoms with van der Waals surface area (Å²) < 4.78 is 0. The fourth-order valence-corrected chi connectivity index (χ4v) is 3.07. The second-order valence-corrected chi connectivity index (χ2v) is 6.87. The number of anilines is 1. The molecule has 0 aromatic heterocycles. The number of carboxylic acid groups (broad SMARTS) is 1. The molecular formula is C19H27N3O4. The summed E-state index contributed by atoms with van der Waals surface area (Å²) in [7, 11) is 0. The molecule has 7 nitrogen and oxygen atoms in total. The van der Waals surface area contributed by atoms with E-state index >= 15 is 0 Å². The molecule has 1 saturated heterocycles. The molecule has 1 aliphatic rings. The lowest BCUT2D eigenvalue weighted by Gasteiger charge is -2.35. The number of piperazine rings is 1. The molecule has 0 aliphatic carbocycles. The highest BCUT2D eigenvalue weighted by Gasteiger charge is 2.26. The fraction of sp³-hybridized carbons (Fsp3) is 0.474. The minimum atomic E-state index is -0.972. The molecule has 142 valence electrons. The first kappa shape index (κ1) is 19.9. The van der Waals surface area contributed by atoms with Crippen LogP contribution in [0, 0.1) is 5.92 Å². The highest BCUT2D eigenvalue weighted by atomic mass is 16.4. The summed E-state index contributed by atoms with van der Waals surface area (Å²) in [6.45, 7) is 10.4. The molecule has 26 heavy (non-hydrogen) atoms. The van der Waals surface area contributed by atoms with E-state index in [0.29, 0.717) is 12.2 Å². The Labute approximate surface area is 153 Å². The topological polar surface area (TPSA) is 93.1 Å². The van der Waals surface area contributed by atoms with E-state index < -0.39 is 11.9 Å². The van der Waals surface area contributed by atoms with E-state index in [1.807, 2.05) is 6.92 Å². The number of rotatable bonds is 8. The zero-order valence-electron chi connectivity index (χ0n) is 15.1. The van der Waals surface area contributed by atoms with Crippen LogP contribution in [0.15, 0.2) is 36.4 Å². The molecular weight excluding hydrogens is 334 g/mol. The monoisotopic (exact) mass is 361 g/mol. The number of carbonyl (C=O) groups excluding carboxylic acids is 1. The van der Waals surface area contributed by atoms with Gasteiger partial charge in [-0.3, -0.25) is 19.4 Å². The molecule has 0 spiro atoms. The van der Waals surface area contributed by atoms with Gasteiger partial charge in [0, 0.05) is 57.4 Å². The van der Waals surface area contributed by atoms with Crippen LogP contribution in [0.3, 0.4) is 0 Å². The Kier molecular flexibility index (Phi) is 7.17. The van der Waals surface area contributed by atoms with Gasteiger partial charge in [0.25, 0.3) is 0 Å². The van der Waals surface area contributed by atoms with E-state index in [1.165, 1.54) is 12.1 Å². The zero-order valence-corrected chi connectivity index (χ0v) is 15.1. The van der Waals surface area contributed by atoms with Crippen LogP contribution in [0.5, 0.6) is 5.75 Å². The van der Waals surface area contributed by atoms with Gasteiger partial charge in [-0.05, 0) is 19.1 Å². The average molecular weight is 361 g/mol. The number of nitrogens with one attached hydrogen (secondary N) is 1. The Bertz CT molecular complexity index is 654. The quantitative estimate of drug-likeness (QED) is 0.609. The number of aliphatic carboxylic acids is 1. The molecule has 1 aliphatic heterocycles. The Hall–Kier alpha value is -2.38. The van der Waals surface area contributed by atoms with Crippen LogP contribution in [0.25, 0.3) is 0 Å². The number of phenolic OH excluding ortho intramolecular Hbond substituents is 1. The summed E-state index contributed by atoms with van der Waals surface area (Å²) >= 11 is 0. The first-order valence-corrected chi connectivity index (χ1v) is 8.74. The van der Waals surface area contributed by atoms with Gasteiger partial charge in [0.05, 0.1) is 5.92 Å². The number of phenols is 1. The van der Waals surface area contributed by atoms with Crippen molar-refractivity contribution in [3.63, 3.8) is 0 Å². The third kappa shape index (κ3) is 6.50. The standard InChI is InChI=1S/C19H27N3O4/c1-14(2)12-21-6-8-22(9-7-21)13-15(19(25)26)10-18(24)20-16-4-3-5-17(23)11-16/h3-5,11,15,23H,1,6-10,12-13H2,2H3,(H,20,24)(H,25,26)/t15-/m0/s1. The number of carboxylic acids is 1. The molecule has 1 aromatic carbocycles. The van der Waals surface area contributed by atoms with Crippen molar-refractivity contribution >= 4 is 17.6 Å². The predicted octanol–water partition coefficient (Wildman–Crippen LogP) is 1.62. The minimum Gasteiger partial charge on any atom is -0.508 e. The summed E-state index contributed by atoms with van der Waals surface area (Å²) in [5.74, 6) is -2.06. The van der Waals surface area contributed by atoms with Crippen molar-refractivity contribution in [2.45, 2.75) is 13.3 Å². The summed E-state index contributed by atoms with van der Waals surface area (Å²) in [6, 6.07) is 6.19. The number of benzene rings is 1. The van der Waals surface area contributed by atoms with Gasteiger partial charge < -0.3 is 15.5 Å². The van der Waals surface area contributed by atoms with Gasteiger partial charge in [0.15, 0.2) is 0 Å². The van der Waals surface area contributed by atoms with Gasteiger partial charge in [-0.25, -0.2) is 0 Å². The van der Waals surface area contributed by atoms with E-state index in [2.05, 4.69) is 21.7 Å². The van der Waals surface area contributed by atoms with Crippen molar-refractivity contribution in [3.05, 3.63) is 36.4 Å². The van der Waals surface area contributed by atoms with E-state index in [9.17, 15) is 19.8 Å². The molecule has 0 saturated carbocycles. The van der Waals surface area contributed by atoms with Crippen molar-refractivity contribution in [1.29, 1.82) is 0 Å². The second-order valence-electron chi connectivity index (χ2n) is 6.87. The first-order valence-electron chi connectivity index (χ1n) is 8.74. The zero-order chi connectivity index (χ0) is 19.1.